The third-order valence-electron chi connectivity index (χ3n) is 2.90. The minimum Gasteiger partial charge on any atom is -0.457 e. The molecule has 0 aliphatic rings. The highest BCUT2D eigenvalue weighted by Gasteiger charge is 2.11. The Labute approximate surface area is 139 Å². The predicted octanol–water partition coefficient (Wildman–Crippen LogP) is 3.64. The van der Waals surface area contributed by atoms with Crippen LogP contribution < -0.4 is 10.5 Å². The zero-order chi connectivity index (χ0) is 16.8. The molecule has 6 heteroatoms. The summed E-state index contributed by atoms with van der Waals surface area (Å²) in [7, 11) is 0. The number of carbonyl (C=O) groups is 1. The van der Waals surface area contributed by atoms with Crippen molar-refractivity contribution in [1.29, 1.82) is 0 Å². The van der Waals surface area contributed by atoms with Crippen LogP contribution in [0.3, 0.4) is 0 Å². The summed E-state index contributed by atoms with van der Waals surface area (Å²) in [5.41, 5.74) is 5.65. The normalized spacial score (nSPS) is 11.1. The number of primary amides is 1. The topological polar surface area (TPSA) is 75.8 Å². The second-order valence-corrected chi connectivity index (χ2v) is 5.15. The summed E-state index contributed by atoms with van der Waals surface area (Å²) in [6.45, 7) is 1.56. The standard InChI is InChI=1S/C17H15ClN2O3/c1-12(20(22)17(19)21)5-6-13-3-2-4-16(11-13)23-15-9-7-14(18)8-10-15/h2-4,7-12,22H,1H3,(H2,19,21). The maximum Gasteiger partial charge on any atom is 0.339 e. The summed E-state index contributed by atoms with van der Waals surface area (Å²) in [6, 6.07) is 12.5. The minimum absolute atomic E-state index is 0.376. The molecule has 2 aromatic rings. The van der Waals surface area contributed by atoms with Crippen molar-refractivity contribution in [3.8, 4) is 23.3 Å². The Bertz CT molecular complexity index is 750. The molecule has 0 aliphatic heterocycles. The molecule has 2 amide bonds. The number of nitrogens with two attached hydrogens (primary N) is 1. The lowest BCUT2D eigenvalue weighted by molar-refractivity contribution is -0.0536. The molecule has 0 radical (unpaired) electrons. The van der Waals surface area contributed by atoms with E-state index < -0.39 is 12.1 Å². The van der Waals surface area contributed by atoms with Crippen LogP contribution in [0.15, 0.2) is 48.5 Å². The Balaban J connectivity index is 2.11. The summed E-state index contributed by atoms with van der Waals surface area (Å²) in [4.78, 5) is 10.8. The van der Waals surface area contributed by atoms with Gasteiger partial charge in [0.1, 0.15) is 17.5 Å². The first-order valence-corrected chi connectivity index (χ1v) is 7.16. The van der Waals surface area contributed by atoms with Crippen LogP contribution in [-0.2, 0) is 0 Å². The molecule has 1 atom stereocenters. The molecule has 23 heavy (non-hydrogen) atoms. The number of carbonyl (C=O) groups excluding carboxylic acids is 1. The smallest absolute Gasteiger partial charge is 0.339 e. The summed E-state index contributed by atoms with van der Waals surface area (Å²) in [6.07, 6.45) is 0. The van der Waals surface area contributed by atoms with Crippen LogP contribution in [0.2, 0.25) is 5.02 Å². The molecule has 3 N–H and O–H groups in total. The van der Waals surface area contributed by atoms with Gasteiger partial charge >= 0.3 is 6.03 Å². The molecule has 0 aromatic heterocycles. The number of amides is 2. The van der Waals surface area contributed by atoms with Gasteiger partial charge in [-0.1, -0.05) is 29.5 Å². The van der Waals surface area contributed by atoms with E-state index in [1.165, 1.54) is 0 Å². The average Bonchev–Trinajstić information content (AvgIpc) is 2.54. The van der Waals surface area contributed by atoms with Gasteiger partial charge in [0.25, 0.3) is 0 Å². The minimum atomic E-state index is -0.952. The van der Waals surface area contributed by atoms with Crippen LogP contribution in [0.25, 0.3) is 0 Å². The van der Waals surface area contributed by atoms with Crippen molar-refractivity contribution in [2.24, 2.45) is 5.73 Å². The van der Waals surface area contributed by atoms with Crippen molar-refractivity contribution < 1.29 is 14.7 Å². The Morgan fingerprint density at radius 1 is 1.26 bits per heavy atom. The fourth-order valence-electron chi connectivity index (χ4n) is 1.72. The van der Waals surface area contributed by atoms with E-state index in [-0.39, 0.29) is 0 Å². The summed E-state index contributed by atoms with van der Waals surface area (Å²) in [5.74, 6) is 6.85. The number of urea groups is 1. The number of halogens is 1. The van der Waals surface area contributed by atoms with Crippen molar-refractivity contribution in [1.82, 2.24) is 5.06 Å². The first-order chi connectivity index (χ1) is 11.0. The molecule has 118 valence electrons. The number of hydrogen-bond donors (Lipinski definition) is 2. The van der Waals surface area contributed by atoms with Crippen LogP contribution in [-0.4, -0.2) is 22.3 Å². The monoisotopic (exact) mass is 330 g/mol. The number of hydrogen-bond acceptors (Lipinski definition) is 3. The molecular weight excluding hydrogens is 316 g/mol. The molecule has 0 saturated carbocycles. The van der Waals surface area contributed by atoms with Gasteiger partial charge in [0.2, 0.25) is 0 Å². The van der Waals surface area contributed by atoms with E-state index in [1.54, 1.807) is 55.5 Å². The lowest BCUT2D eigenvalue weighted by atomic mass is 10.2. The Kier molecular flexibility index (Phi) is 5.47. The molecule has 1 unspecified atom stereocenters. The van der Waals surface area contributed by atoms with Gasteiger partial charge in [-0.3, -0.25) is 5.21 Å². The second-order valence-electron chi connectivity index (χ2n) is 4.71. The molecule has 0 fully saturated rings. The van der Waals surface area contributed by atoms with Gasteiger partial charge in [-0.15, -0.1) is 0 Å². The largest absolute Gasteiger partial charge is 0.457 e. The van der Waals surface area contributed by atoms with E-state index >= 15 is 0 Å². The van der Waals surface area contributed by atoms with Crippen molar-refractivity contribution in [2.45, 2.75) is 13.0 Å². The van der Waals surface area contributed by atoms with Crippen LogP contribution in [0.5, 0.6) is 11.5 Å². The molecule has 0 aliphatic carbocycles. The third-order valence-corrected chi connectivity index (χ3v) is 3.15. The van der Waals surface area contributed by atoms with E-state index in [0.29, 0.717) is 27.1 Å². The summed E-state index contributed by atoms with van der Waals surface area (Å²) >= 11 is 5.83. The van der Waals surface area contributed by atoms with E-state index in [4.69, 9.17) is 22.1 Å². The molecule has 0 saturated heterocycles. The number of benzene rings is 2. The number of rotatable bonds is 3. The van der Waals surface area contributed by atoms with Gasteiger partial charge in [-0.05, 0) is 49.4 Å². The molecule has 0 bridgehead atoms. The zero-order valence-electron chi connectivity index (χ0n) is 12.4. The van der Waals surface area contributed by atoms with E-state index in [2.05, 4.69) is 11.8 Å². The molecule has 0 spiro atoms. The van der Waals surface area contributed by atoms with Gasteiger partial charge in [0, 0.05) is 10.6 Å². The van der Waals surface area contributed by atoms with E-state index in [1.807, 2.05) is 0 Å². The Hall–Kier alpha value is -2.68. The zero-order valence-corrected chi connectivity index (χ0v) is 13.1. The first-order valence-electron chi connectivity index (χ1n) is 6.78. The maximum absolute atomic E-state index is 10.8. The van der Waals surface area contributed by atoms with Gasteiger partial charge < -0.3 is 10.5 Å². The lowest BCUT2D eigenvalue weighted by Gasteiger charge is -2.14. The van der Waals surface area contributed by atoms with Crippen molar-refractivity contribution in [3.05, 3.63) is 59.1 Å². The van der Waals surface area contributed by atoms with Crippen LogP contribution in [0, 0.1) is 11.8 Å². The van der Waals surface area contributed by atoms with Gasteiger partial charge in [-0.2, -0.15) is 5.06 Å². The number of nitrogens with zero attached hydrogens (tertiary/aromatic N) is 1. The van der Waals surface area contributed by atoms with Gasteiger partial charge in [-0.25, -0.2) is 4.79 Å². The van der Waals surface area contributed by atoms with E-state index in [9.17, 15) is 10.0 Å². The molecule has 2 aromatic carbocycles. The predicted molar refractivity (Wildman–Crippen MR) is 87.5 cm³/mol. The molecule has 2 rings (SSSR count). The summed E-state index contributed by atoms with van der Waals surface area (Å²) < 4.78 is 5.71. The van der Waals surface area contributed by atoms with Gasteiger partial charge in [0.05, 0.1) is 0 Å². The Morgan fingerprint density at radius 2 is 1.96 bits per heavy atom. The van der Waals surface area contributed by atoms with Crippen LogP contribution >= 0.6 is 11.6 Å². The van der Waals surface area contributed by atoms with Crippen LogP contribution in [0.1, 0.15) is 12.5 Å². The lowest BCUT2D eigenvalue weighted by Crippen LogP contribution is -2.38. The van der Waals surface area contributed by atoms with Crippen molar-refractivity contribution in [3.63, 3.8) is 0 Å². The molecule has 0 heterocycles. The second kappa shape index (κ2) is 7.54. The highest BCUT2D eigenvalue weighted by Crippen LogP contribution is 2.23. The fraction of sp³-hybridized carbons (Fsp3) is 0.118. The van der Waals surface area contributed by atoms with E-state index in [0.717, 1.165) is 0 Å². The Morgan fingerprint density at radius 3 is 2.61 bits per heavy atom. The first kappa shape index (κ1) is 16.7. The van der Waals surface area contributed by atoms with Crippen molar-refractivity contribution in [2.75, 3.05) is 0 Å². The number of ether oxygens (including phenoxy) is 1. The molecular formula is C17H15ClN2O3. The van der Waals surface area contributed by atoms with Gasteiger partial charge in [0.15, 0.2) is 0 Å². The number of hydroxylamine groups is 2. The quantitative estimate of drug-likeness (QED) is 0.512. The fourth-order valence-corrected chi connectivity index (χ4v) is 1.84. The highest BCUT2D eigenvalue weighted by molar-refractivity contribution is 6.30. The average molecular weight is 331 g/mol. The molecule has 5 nitrogen and oxygen atoms in total. The maximum atomic E-state index is 10.8. The SMILES string of the molecule is CC(C#Cc1cccc(Oc2ccc(Cl)cc2)c1)N(O)C(N)=O. The highest BCUT2D eigenvalue weighted by atomic mass is 35.5. The van der Waals surface area contributed by atoms with Crippen LogP contribution in [0.4, 0.5) is 4.79 Å². The summed E-state index contributed by atoms with van der Waals surface area (Å²) in [5, 5.41) is 10.4. The third kappa shape index (κ3) is 4.92. The van der Waals surface area contributed by atoms with Crippen molar-refractivity contribution >= 4 is 17.6 Å².